The fourth-order valence-corrected chi connectivity index (χ4v) is 2.74. The van der Waals surface area contributed by atoms with Crippen LogP contribution in [0.25, 0.3) is 0 Å². The number of nitrogens with one attached hydrogen (secondary N) is 1. The molecule has 1 N–H and O–H groups in total. The minimum Gasteiger partial charge on any atom is -0.431 e. The number of rotatable bonds is 3. The molecule has 2 rings (SSSR count). The van der Waals surface area contributed by atoms with Gasteiger partial charge in [0.2, 0.25) is 0 Å². The third-order valence-electron chi connectivity index (χ3n) is 2.45. The molecular formula is C12H11N3O3S. The molecule has 0 aliphatic heterocycles. The molecule has 1 aromatic heterocycles. The maximum absolute atomic E-state index is 12.2. The van der Waals surface area contributed by atoms with E-state index in [-0.39, 0.29) is 16.5 Å². The molecule has 0 aliphatic rings. The summed E-state index contributed by atoms with van der Waals surface area (Å²) in [5, 5.41) is 8.82. The first-order valence-electron chi connectivity index (χ1n) is 5.38. The number of hydrogen-bond acceptors (Lipinski definition) is 5. The zero-order valence-corrected chi connectivity index (χ0v) is 11.2. The average Bonchev–Trinajstić information content (AvgIpc) is 2.74. The maximum Gasteiger partial charge on any atom is 0.309 e. The maximum atomic E-state index is 12.2. The van der Waals surface area contributed by atoms with Crippen molar-refractivity contribution in [3.05, 3.63) is 41.3 Å². The van der Waals surface area contributed by atoms with Crippen LogP contribution in [0.3, 0.4) is 0 Å². The molecule has 0 radical (unpaired) electrons. The number of nitriles is 1. The van der Waals surface area contributed by atoms with E-state index in [2.05, 4.69) is 9.71 Å². The van der Waals surface area contributed by atoms with Crippen LogP contribution in [-0.4, -0.2) is 13.4 Å². The summed E-state index contributed by atoms with van der Waals surface area (Å²) < 4.78 is 31.5. The molecule has 0 amide bonds. The zero-order chi connectivity index (χ0) is 14.0. The standard InChI is InChI=1S/C12H11N3O3S/c1-8-3-4-10(6-13)5-11(8)19(16,17)15-12-14-9(2)7-18-12/h3-5,7H,1-2H3,(H,14,15). The van der Waals surface area contributed by atoms with Gasteiger partial charge >= 0.3 is 6.01 Å². The first kappa shape index (κ1) is 13.1. The number of anilines is 1. The molecule has 7 heteroatoms. The van der Waals surface area contributed by atoms with E-state index in [9.17, 15) is 8.42 Å². The van der Waals surface area contributed by atoms with E-state index in [4.69, 9.17) is 9.68 Å². The van der Waals surface area contributed by atoms with E-state index < -0.39 is 10.0 Å². The number of nitrogens with zero attached hydrogens (tertiary/aromatic N) is 2. The van der Waals surface area contributed by atoms with Crippen molar-refractivity contribution in [3.8, 4) is 6.07 Å². The van der Waals surface area contributed by atoms with Crippen LogP contribution in [0.5, 0.6) is 0 Å². The summed E-state index contributed by atoms with van der Waals surface area (Å²) in [5.41, 5.74) is 1.38. The Morgan fingerprint density at radius 2 is 2.11 bits per heavy atom. The van der Waals surface area contributed by atoms with Gasteiger partial charge in [-0.3, -0.25) is 0 Å². The molecule has 6 nitrogen and oxygen atoms in total. The number of benzene rings is 1. The summed E-state index contributed by atoms with van der Waals surface area (Å²) in [7, 11) is -3.82. The van der Waals surface area contributed by atoms with Gasteiger partial charge in [0.15, 0.2) is 0 Å². The molecule has 1 heterocycles. The van der Waals surface area contributed by atoms with Gasteiger partial charge < -0.3 is 4.42 Å². The summed E-state index contributed by atoms with van der Waals surface area (Å²) in [6.45, 7) is 3.33. The lowest BCUT2D eigenvalue weighted by Crippen LogP contribution is -2.14. The molecule has 0 atom stereocenters. The molecule has 0 aliphatic carbocycles. The minimum absolute atomic E-state index is 0.0300. The Kier molecular flexibility index (Phi) is 3.27. The minimum atomic E-state index is -3.82. The highest BCUT2D eigenvalue weighted by molar-refractivity contribution is 7.92. The molecule has 1 aromatic carbocycles. The summed E-state index contributed by atoms with van der Waals surface area (Å²) in [4.78, 5) is 3.90. The number of aromatic nitrogens is 1. The van der Waals surface area contributed by atoms with Crippen molar-refractivity contribution in [2.75, 3.05) is 4.72 Å². The van der Waals surface area contributed by atoms with Gasteiger partial charge in [-0.25, -0.2) is 13.1 Å². The van der Waals surface area contributed by atoms with Crippen LogP contribution in [0.1, 0.15) is 16.8 Å². The average molecular weight is 277 g/mol. The van der Waals surface area contributed by atoms with Gasteiger partial charge in [-0.05, 0) is 31.5 Å². The first-order valence-corrected chi connectivity index (χ1v) is 6.86. The molecule has 2 aromatic rings. The normalized spacial score (nSPS) is 11.0. The van der Waals surface area contributed by atoms with Crippen LogP contribution >= 0.6 is 0 Å². The van der Waals surface area contributed by atoms with Gasteiger partial charge in [0.05, 0.1) is 22.2 Å². The van der Waals surface area contributed by atoms with Gasteiger partial charge in [0.1, 0.15) is 6.26 Å². The molecule has 19 heavy (non-hydrogen) atoms. The van der Waals surface area contributed by atoms with Crippen molar-refractivity contribution in [3.63, 3.8) is 0 Å². The largest absolute Gasteiger partial charge is 0.431 e. The lowest BCUT2D eigenvalue weighted by atomic mass is 10.2. The molecule has 0 spiro atoms. The van der Waals surface area contributed by atoms with Gasteiger partial charge in [0.25, 0.3) is 10.0 Å². The van der Waals surface area contributed by atoms with Crippen LogP contribution in [0, 0.1) is 25.2 Å². The number of hydrogen-bond donors (Lipinski definition) is 1. The molecular weight excluding hydrogens is 266 g/mol. The highest BCUT2D eigenvalue weighted by Gasteiger charge is 2.19. The highest BCUT2D eigenvalue weighted by atomic mass is 32.2. The second-order valence-electron chi connectivity index (χ2n) is 3.99. The van der Waals surface area contributed by atoms with E-state index >= 15 is 0 Å². The van der Waals surface area contributed by atoms with Crippen LogP contribution in [0.15, 0.2) is 33.8 Å². The van der Waals surface area contributed by atoms with Crippen molar-refractivity contribution in [2.45, 2.75) is 18.7 Å². The summed E-state index contributed by atoms with van der Waals surface area (Å²) in [5.74, 6) is 0. The Hall–Kier alpha value is -2.33. The van der Waals surface area contributed by atoms with Crippen LogP contribution in [0.4, 0.5) is 6.01 Å². The molecule has 0 fully saturated rings. The Bertz CT molecular complexity index is 757. The SMILES string of the molecule is Cc1coc(NS(=O)(=O)c2cc(C#N)ccc2C)n1. The lowest BCUT2D eigenvalue weighted by Gasteiger charge is -2.07. The predicted octanol–water partition coefficient (Wildman–Crippen LogP) is 1.96. The summed E-state index contributed by atoms with van der Waals surface area (Å²) >= 11 is 0. The number of oxazole rings is 1. The van der Waals surface area contributed by atoms with E-state index in [0.29, 0.717) is 11.3 Å². The number of sulfonamides is 1. The Balaban J connectivity index is 2.42. The Morgan fingerprint density at radius 1 is 1.37 bits per heavy atom. The fourth-order valence-electron chi connectivity index (χ4n) is 1.53. The lowest BCUT2D eigenvalue weighted by molar-refractivity contribution is 0.569. The van der Waals surface area contributed by atoms with Crippen molar-refractivity contribution < 1.29 is 12.8 Å². The topological polar surface area (TPSA) is 96.0 Å². The summed E-state index contributed by atoms with van der Waals surface area (Å²) in [6.07, 6.45) is 1.34. The van der Waals surface area contributed by atoms with Gasteiger partial charge in [-0.15, -0.1) is 0 Å². The van der Waals surface area contributed by atoms with Crippen LogP contribution < -0.4 is 4.72 Å². The second kappa shape index (κ2) is 4.74. The third-order valence-corrected chi connectivity index (χ3v) is 3.91. The van der Waals surface area contributed by atoms with Gasteiger partial charge in [-0.1, -0.05) is 6.07 Å². The Morgan fingerprint density at radius 3 is 2.68 bits per heavy atom. The molecule has 0 saturated carbocycles. The number of aryl methyl sites for hydroxylation is 2. The van der Waals surface area contributed by atoms with Crippen molar-refractivity contribution >= 4 is 16.0 Å². The third kappa shape index (κ3) is 2.74. The Labute approximate surface area is 110 Å². The smallest absolute Gasteiger partial charge is 0.309 e. The quantitative estimate of drug-likeness (QED) is 0.925. The molecule has 98 valence electrons. The molecule has 0 saturated heterocycles. The van der Waals surface area contributed by atoms with E-state index in [0.717, 1.165) is 0 Å². The fraction of sp³-hybridized carbons (Fsp3) is 0.167. The molecule has 0 bridgehead atoms. The monoisotopic (exact) mass is 277 g/mol. The second-order valence-corrected chi connectivity index (χ2v) is 5.64. The zero-order valence-electron chi connectivity index (χ0n) is 10.3. The van der Waals surface area contributed by atoms with E-state index in [1.807, 2.05) is 6.07 Å². The first-order chi connectivity index (χ1) is 8.92. The van der Waals surface area contributed by atoms with Gasteiger partial charge in [-0.2, -0.15) is 10.2 Å². The van der Waals surface area contributed by atoms with Crippen molar-refractivity contribution in [1.82, 2.24) is 4.98 Å². The van der Waals surface area contributed by atoms with Crippen LogP contribution in [-0.2, 0) is 10.0 Å². The predicted molar refractivity (Wildman–Crippen MR) is 67.9 cm³/mol. The highest BCUT2D eigenvalue weighted by Crippen LogP contribution is 2.20. The van der Waals surface area contributed by atoms with Crippen LogP contribution in [0.2, 0.25) is 0 Å². The van der Waals surface area contributed by atoms with E-state index in [1.54, 1.807) is 26.0 Å². The molecule has 0 unspecified atom stereocenters. The van der Waals surface area contributed by atoms with Crippen molar-refractivity contribution in [2.24, 2.45) is 0 Å². The van der Waals surface area contributed by atoms with Crippen molar-refractivity contribution in [1.29, 1.82) is 5.26 Å². The summed E-state index contributed by atoms with van der Waals surface area (Å²) in [6, 6.07) is 6.25. The van der Waals surface area contributed by atoms with Gasteiger partial charge in [0, 0.05) is 0 Å². The van der Waals surface area contributed by atoms with E-state index in [1.165, 1.54) is 12.3 Å².